The van der Waals surface area contributed by atoms with Gasteiger partial charge in [0.1, 0.15) is 5.82 Å². The highest BCUT2D eigenvalue weighted by Crippen LogP contribution is 2.33. The molecule has 1 saturated carbocycles. The fraction of sp³-hybridized carbons (Fsp3) is 0.636. The third kappa shape index (κ3) is 1.86. The highest BCUT2D eigenvalue weighted by atomic mass is 15.1. The second-order valence-electron chi connectivity index (χ2n) is 4.14. The molecule has 1 aromatic rings. The van der Waals surface area contributed by atoms with Crippen molar-refractivity contribution in [2.24, 2.45) is 0 Å². The van der Waals surface area contributed by atoms with Gasteiger partial charge in [0, 0.05) is 0 Å². The molecule has 0 radical (unpaired) electrons. The predicted octanol–water partition coefficient (Wildman–Crippen LogP) is 2.41. The molecule has 0 spiro atoms. The molecule has 0 atom stereocenters. The smallest absolute Gasteiger partial charge is 0.146 e. The fourth-order valence-corrected chi connectivity index (χ4v) is 2.31. The van der Waals surface area contributed by atoms with Crippen LogP contribution in [0.15, 0.2) is 6.07 Å². The first kappa shape index (κ1) is 9.44. The summed E-state index contributed by atoms with van der Waals surface area (Å²) in [6.07, 6.45) is 6.63. The molecule has 0 aliphatic heterocycles. The number of hydrogen-bond donors (Lipinski definition) is 1. The quantitative estimate of drug-likeness (QED) is 0.741. The van der Waals surface area contributed by atoms with E-state index >= 15 is 0 Å². The van der Waals surface area contributed by atoms with Crippen LogP contribution in [0.1, 0.15) is 49.3 Å². The van der Waals surface area contributed by atoms with Gasteiger partial charge in [-0.25, -0.2) is 0 Å². The van der Waals surface area contributed by atoms with Crippen LogP contribution >= 0.6 is 0 Å². The molecular formula is C11H17N3. The molecule has 3 heteroatoms. The molecule has 0 aromatic carbocycles. The molecule has 0 unspecified atom stereocenters. The van der Waals surface area contributed by atoms with E-state index in [-0.39, 0.29) is 0 Å². The van der Waals surface area contributed by atoms with Gasteiger partial charge in [-0.3, -0.25) is 0 Å². The number of anilines is 1. The molecule has 14 heavy (non-hydrogen) atoms. The Morgan fingerprint density at radius 2 is 1.93 bits per heavy atom. The van der Waals surface area contributed by atoms with Crippen LogP contribution in [0.3, 0.4) is 0 Å². The van der Waals surface area contributed by atoms with E-state index in [1.165, 1.54) is 37.7 Å². The summed E-state index contributed by atoms with van der Waals surface area (Å²) in [6, 6.07) is 2.00. The molecule has 2 rings (SSSR count). The SMILES string of the molecule is Cc1nnc(N)cc1C1CCCCC1. The van der Waals surface area contributed by atoms with Gasteiger partial charge in [-0.1, -0.05) is 19.3 Å². The van der Waals surface area contributed by atoms with Crippen LogP contribution < -0.4 is 5.73 Å². The van der Waals surface area contributed by atoms with Gasteiger partial charge >= 0.3 is 0 Å². The van der Waals surface area contributed by atoms with E-state index < -0.39 is 0 Å². The summed E-state index contributed by atoms with van der Waals surface area (Å²) < 4.78 is 0. The largest absolute Gasteiger partial charge is 0.382 e. The first-order valence-corrected chi connectivity index (χ1v) is 5.37. The first-order chi connectivity index (χ1) is 6.77. The first-order valence-electron chi connectivity index (χ1n) is 5.37. The Kier molecular flexibility index (Phi) is 2.66. The third-order valence-electron chi connectivity index (χ3n) is 3.08. The zero-order valence-corrected chi connectivity index (χ0v) is 8.66. The highest BCUT2D eigenvalue weighted by Gasteiger charge is 2.18. The van der Waals surface area contributed by atoms with Gasteiger partial charge in [-0.2, -0.15) is 5.10 Å². The molecule has 3 nitrogen and oxygen atoms in total. The van der Waals surface area contributed by atoms with Crippen molar-refractivity contribution in [1.29, 1.82) is 0 Å². The second kappa shape index (κ2) is 3.95. The van der Waals surface area contributed by atoms with E-state index in [0.29, 0.717) is 11.7 Å². The summed E-state index contributed by atoms with van der Waals surface area (Å²) in [7, 11) is 0. The molecule has 0 bridgehead atoms. The lowest BCUT2D eigenvalue weighted by molar-refractivity contribution is 0.441. The van der Waals surface area contributed by atoms with Crippen LogP contribution in [-0.4, -0.2) is 10.2 Å². The minimum Gasteiger partial charge on any atom is -0.382 e. The number of nitrogen functional groups attached to an aromatic ring is 1. The number of hydrogen-bond acceptors (Lipinski definition) is 3. The van der Waals surface area contributed by atoms with Crippen LogP contribution in [0.2, 0.25) is 0 Å². The van der Waals surface area contributed by atoms with Crippen molar-refractivity contribution in [3.8, 4) is 0 Å². The van der Waals surface area contributed by atoms with Crippen LogP contribution in [0.4, 0.5) is 5.82 Å². The van der Waals surface area contributed by atoms with Gasteiger partial charge in [0.05, 0.1) is 5.69 Å². The lowest BCUT2D eigenvalue weighted by atomic mass is 9.84. The molecule has 0 saturated heterocycles. The summed E-state index contributed by atoms with van der Waals surface area (Å²) in [6.45, 7) is 2.02. The number of aromatic nitrogens is 2. The number of nitrogens with zero attached hydrogens (tertiary/aromatic N) is 2. The number of aryl methyl sites for hydroxylation is 1. The summed E-state index contributed by atoms with van der Waals surface area (Å²) in [5.41, 5.74) is 8.02. The van der Waals surface area contributed by atoms with Crippen LogP contribution in [0.25, 0.3) is 0 Å². The molecule has 1 aromatic heterocycles. The van der Waals surface area contributed by atoms with Crippen LogP contribution in [-0.2, 0) is 0 Å². The van der Waals surface area contributed by atoms with Crippen molar-refractivity contribution < 1.29 is 0 Å². The predicted molar refractivity (Wildman–Crippen MR) is 57.0 cm³/mol. The van der Waals surface area contributed by atoms with Gasteiger partial charge in [0.2, 0.25) is 0 Å². The second-order valence-corrected chi connectivity index (χ2v) is 4.14. The Bertz CT molecular complexity index is 316. The fourth-order valence-electron chi connectivity index (χ4n) is 2.31. The van der Waals surface area contributed by atoms with Crippen LogP contribution in [0, 0.1) is 6.92 Å². The van der Waals surface area contributed by atoms with E-state index in [1.54, 1.807) is 0 Å². The summed E-state index contributed by atoms with van der Waals surface area (Å²) in [5.74, 6) is 1.22. The maximum absolute atomic E-state index is 5.66. The average Bonchev–Trinajstić information content (AvgIpc) is 2.23. The van der Waals surface area contributed by atoms with E-state index in [4.69, 9.17) is 5.73 Å². The zero-order chi connectivity index (χ0) is 9.97. The van der Waals surface area contributed by atoms with Crippen molar-refractivity contribution in [3.63, 3.8) is 0 Å². The van der Waals surface area contributed by atoms with Crippen molar-refractivity contribution in [3.05, 3.63) is 17.3 Å². The van der Waals surface area contributed by atoms with Gasteiger partial charge in [-0.15, -0.1) is 5.10 Å². The number of rotatable bonds is 1. The van der Waals surface area contributed by atoms with E-state index in [1.807, 2.05) is 13.0 Å². The highest BCUT2D eigenvalue weighted by molar-refractivity contribution is 5.35. The van der Waals surface area contributed by atoms with Crippen molar-refractivity contribution >= 4 is 5.82 Å². The summed E-state index contributed by atoms with van der Waals surface area (Å²) >= 11 is 0. The van der Waals surface area contributed by atoms with Crippen molar-refractivity contribution in [2.45, 2.75) is 44.9 Å². The lowest BCUT2D eigenvalue weighted by Gasteiger charge is -2.22. The maximum Gasteiger partial charge on any atom is 0.146 e. The van der Waals surface area contributed by atoms with Crippen molar-refractivity contribution in [2.75, 3.05) is 5.73 Å². The molecule has 1 aliphatic rings. The Morgan fingerprint density at radius 3 is 2.64 bits per heavy atom. The topological polar surface area (TPSA) is 51.8 Å². The number of nitrogens with two attached hydrogens (primary N) is 1. The van der Waals surface area contributed by atoms with Gasteiger partial charge in [0.25, 0.3) is 0 Å². The minimum atomic E-state index is 0.552. The normalized spacial score (nSPS) is 18.4. The molecule has 1 aliphatic carbocycles. The van der Waals surface area contributed by atoms with Crippen molar-refractivity contribution in [1.82, 2.24) is 10.2 Å². The molecular weight excluding hydrogens is 174 g/mol. The Labute approximate surface area is 84.7 Å². The van der Waals surface area contributed by atoms with Gasteiger partial charge in [-0.05, 0) is 37.3 Å². The molecule has 0 amide bonds. The monoisotopic (exact) mass is 191 g/mol. The van der Waals surface area contributed by atoms with Gasteiger partial charge in [0.15, 0.2) is 0 Å². The Balaban J connectivity index is 2.24. The van der Waals surface area contributed by atoms with E-state index in [2.05, 4.69) is 10.2 Å². The summed E-state index contributed by atoms with van der Waals surface area (Å²) in [5, 5.41) is 7.94. The third-order valence-corrected chi connectivity index (χ3v) is 3.08. The minimum absolute atomic E-state index is 0.552. The van der Waals surface area contributed by atoms with Gasteiger partial charge < -0.3 is 5.73 Å². The Hall–Kier alpha value is -1.12. The Morgan fingerprint density at radius 1 is 1.21 bits per heavy atom. The van der Waals surface area contributed by atoms with Crippen LogP contribution in [0.5, 0.6) is 0 Å². The average molecular weight is 191 g/mol. The lowest BCUT2D eigenvalue weighted by Crippen LogP contribution is -2.09. The standard InChI is InChI=1S/C11H17N3/c1-8-10(7-11(12)14-13-8)9-5-3-2-4-6-9/h7,9H,2-6H2,1H3,(H2,12,14). The molecule has 2 N–H and O–H groups in total. The maximum atomic E-state index is 5.66. The zero-order valence-electron chi connectivity index (χ0n) is 8.66. The molecule has 76 valence electrons. The molecule has 1 heterocycles. The molecule has 1 fully saturated rings. The van der Waals surface area contributed by atoms with E-state index in [9.17, 15) is 0 Å². The van der Waals surface area contributed by atoms with E-state index in [0.717, 1.165) is 5.69 Å². The summed E-state index contributed by atoms with van der Waals surface area (Å²) in [4.78, 5) is 0.